The summed E-state index contributed by atoms with van der Waals surface area (Å²) in [6, 6.07) is 5.63. The molecule has 0 radical (unpaired) electrons. The summed E-state index contributed by atoms with van der Waals surface area (Å²) < 4.78 is 16.9. The van der Waals surface area contributed by atoms with E-state index in [1.807, 2.05) is 23.1 Å². The number of hydrogen-bond acceptors (Lipinski definition) is 6. The van der Waals surface area contributed by atoms with E-state index in [1.54, 1.807) is 20.0 Å². The molecule has 138 valence electrons. The van der Waals surface area contributed by atoms with Gasteiger partial charge in [-0.2, -0.15) is 0 Å². The minimum Gasteiger partial charge on any atom is -0.478 e. The Morgan fingerprint density at radius 1 is 1.38 bits per heavy atom. The van der Waals surface area contributed by atoms with Crippen LogP contribution in [-0.2, 0) is 4.74 Å². The SMILES string of the molecule is Cc1noc(C)c1C(=O)N1CC2(C1)OCC[C@@H]2CCOc1ccccn1. The van der Waals surface area contributed by atoms with Crippen LogP contribution in [0.4, 0.5) is 0 Å². The molecule has 1 amide bonds. The van der Waals surface area contributed by atoms with Gasteiger partial charge in [-0.15, -0.1) is 0 Å². The maximum Gasteiger partial charge on any atom is 0.259 e. The number of nitrogens with zero attached hydrogens (tertiary/aromatic N) is 3. The van der Waals surface area contributed by atoms with E-state index in [9.17, 15) is 4.79 Å². The lowest BCUT2D eigenvalue weighted by atomic mass is 9.79. The van der Waals surface area contributed by atoms with Gasteiger partial charge >= 0.3 is 0 Å². The highest BCUT2D eigenvalue weighted by Crippen LogP contribution is 2.42. The zero-order chi connectivity index (χ0) is 18.1. The van der Waals surface area contributed by atoms with E-state index in [0.29, 0.717) is 48.5 Å². The Morgan fingerprint density at radius 3 is 2.92 bits per heavy atom. The molecular weight excluding hydrogens is 334 g/mol. The van der Waals surface area contributed by atoms with Gasteiger partial charge in [-0.25, -0.2) is 4.98 Å². The Labute approximate surface area is 152 Å². The highest BCUT2D eigenvalue weighted by atomic mass is 16.5. The molecule has 2 saturated heterocycles. The Bertz CT molecular complexity index is 764. The van der Waals surface area contributed by atoms with E-state index in [0.717, 1.165) is 19.4 Å². The van der Waals surface area contributed by atoms with Gasteiger partial charge in [0.15, 0.2) is 0 Å². The molecule has 7 nitrogen and oxygen atoms in total. The Morgan fingerprint density at radius 2 is 2.23 bits per heavy atom. The Hall–Kier alpha value is -2.41. The largest absolute Gasteiger partial charge is 0.478 e. The van der Waals surface area contributed by atoms with Crippen LogP contribution in [0.2, 0.25) is 0 Å². The fourth-order valence-electron chi connectivity index (χ4n) is 3.97. The summed E-state index contributed by atoms with van der Waals surface area (Å²) in [6.45, 7) is 6.14. The lowest BCUT2D eigenvalue weighted by Gasteiger charge is -2.50. The molecule has 2 aromatic heterocycles. The molecule has 4 heterocycles. The predicted molar refractivity (Wildman–Crippen MR) is 93.0 cm³/mol. The van der Waals surface area contributed by atoms with Crippen LogP contribution in [0.3, 0.4) is 0 Å². The minimum absolute atomic E-state index is 0.0224. The molecule has 0 unspecified atom stereocenters. The van der Waals surface area contributed by atoms with Crippen LogP contribution in [0.25, 0.3) is 0 Å². The number of pyridine rings is 1. The second-order valence-corrected chi connectivity index (χ2v) is 7.06. The molecule has 0 N–H and O–H groups in total. The van der Waals surface area contributed by atoms with E-state index in [-0.39, 0.29) is 11.5 Å². The van der Waals surface area contributed by atoms with Crippen LogP contribution in [0.5, 0.6) is 5.88 Å². The highest BCUT2D eigenvalue weighted by molar-refractivity contribution is 5.96. The zero-order valence-corrected chi connectivity index (χ0v) is 15.1. The van der Waals surface area contributed by atoms with Gasteiger partial charge in [-0.05, 0) is 38.7 Å². The van der Waals surface area contributed by atoms with Gasteiger partial charge in [0.2, 0.25) is 5.88 Å². The van der Waals surface area contributed by atoms with Gasteiger partial charge in [-0.3, -0.25) is 4.79 Å². The molecule has 0 saturated carbocycles. The minimum atomic E-state index is -0.234. The van der Waals surface area contributed by atoms with Crippen LogP contribution in [0, 0.1) is 19.8 Å². The summed E-state index contributed by atoms with van der Waals surface area (Å²) in [5, 5.41) is 3.88. The number of rotatable bonds is 5. The lowest BCUT2D eigenvalue weighted by Crippen LogP contribution is -2.66. The van der Waals surface area contributed by atoms with Crippen molar-refractivity contribution in [3.8, 4) is 5.88 Å². The van der Waals surface area contributed by atoms with Crippen molar-refractivity contribution in [3.63, 3.8) is 0 Å². The number of aromatic nitrogens is 2. The number of carbonyl (C=O) groups excluding carboxylic acids is 1. The first-order valence-corrected chi connectivity index (χ1v) is 8.99. The first kappa shape index (κ1) is 17.0. The van der Waals surface area contributed by atoms with Crippen LogP contribution >= 0.6 is 0 Å². The van der Waals surface area contributed by atoms with Crippen LogP contribution in [-0.4, -0.2) is 52.9 Å². The van der Waals surface area contributed by atoms with Gasteiger partial charge < -0.3 is 18.9 Å². The maximum atomic E-state index is 12.7. The molecule has 2 aliphatic rings. The monoisotopic (exact) mass is 357 g/mol. The second kappa shape index (κ2) is 6.72. The van der Waals surface area contributed by atoms with Gasteiger partial charge in [-0.1, -0.05) is 11.2 Å². The number of ether oxygens (including phenoxy) is 2. The van der Waals surface area contributed by atoms with E-state index in [4.69, 9.17) is 14.0 Å². The summed E-state index contributed by atoms with van der Waals surface area (Å²) in [5.41, 5.74) is 0.983. The van der Waals surface area contributed by atoms with Crippen LogP contribution < -0.4 is 4.74 Å². The van der Waals surface area contributed by atoms with Gasteiger partial charge in [0.25, 0.3) is 5.91 Å². The molecule has 0 aliphatic carbocycles. The van der Waals surface area contributed by atoms with Crippen molar-refractivity contribution >= 4 is 5.91 Å². The standard InChI is InChI=1S/C19H23N3O4/c1-13-17(14(2)26-21-13)18(23)22-11-19(12-22)15(7-10-25-19)6-9-24-16-5-3-4-8-20-16/h3-5,8,15H,6-7,9-12H2,1-2H3/t15-/m0/s1. The molecule has 0 bridgehead atoms. The number of likely N-dealkylation sites (tertiary alicyclic amines) is 1. The molecule has 1 atom stereocenters. The third kappa shape index (κ3) is 2.96. The summed E-state index contributed by atoms with van der Waals surface area (Å²) >= 11 is 0. The fraction of sp³-hybridized carbons (Fsp3) is 0.526. The first-order valence-electron chi connectivity index (χ1n) is 8.99. The molecule has 26 heavy (non-hydrogen) atoms. The van der Waals surface area contributed by atoms with E-state index < -0.39 is 0 Å². The van der Waals surface area contributed by atoms with Crippen LogP contribution in [0.1, 0.15) is 34.7 Å². The average molecular weight is 357 g/mol. The number of carbonyl (C=O) groups is 1. The van der Waals surface area contributed by atoms with Crippen molar-refractivity contribution < 1.29 is 18.8 Å². The van der Waals surface area contributed by atoms with Crippen molar-refractivity contribution in [2.45, 2.75) is 32.3 Å². The maximum absolute atomic E-state index is 12.7. The first-order chi connectivity index (χ1) is 12.6. The number of aryl methyl sites for hydroxylation is 2. The Balaban J connectivity index is 1.34. The number of hydrogen-bond donors (Lipinski definition) is 0. The quantitative estimate of drug-likeness (QED) is 0.818. The van der Waals surface area contributed by atoms with Crippen molar-refractivity contribution in [2.75, 3.05) is 26.3 Å². The van der Waals surface area contributed by atoms with Crippen molar-refractivity contribution in [1.29, 1.82) is 0 Å². The van der Waals surface area contributed by atoms with Gasteiger partial charge in [0.05, 0.1) is 25.4 Å². The second-order valence-electron chi connectivity index (χ2n) is 7.06. The van der Waals surface area contributed by atoms with Crippen LogP contribution in [0.15, 0.2) is 28.9 Å². The number of amides is 1. The van der Waals surface area contributed by atoms with Crippen molar-refractivity contribution in [3.05, 3.63) is 41.4 Å². The fourth-order valence-corrected chi connectivity index (χ4v) is 3.97. The molecular formula is C19H23N3O4. The summed E-state index contributed by atoms with van der Waals surface area (Å²) in [7, 11) is 0. The topological polar surface area (TPSA) is 77.7 Å². The smallest absolute Gasteiger partial charge is 0.259 e. The zero-order valence-electron chi connectivity index (χ0n) is 15.1. The molecule has 1 spiro atoms. The van der Waals surface area contributed by atoms with E-state index in [2.05, 4.69) is 10.1 Å². The summed E-state index contributed by atoms with van der Waals surface area (Å²) in [4.78, 5) is 18.7. The molecule has 2 fully saturated rings. The third-order valence-corrected chi connectivity index (χ3v) is 5.41. The summed E-state index contributed by atoms with van der Waals surface area (Å²) in [6.07, 6.45) is 3.61. The lowest BCUT2D eigenvalue weighted by molar-refractivity contribution is -0.119. The predicted octanol–water partition coefficient (Wildman–Crippen LogP) is 2.39. The average Bonchev–Trinajstić information content (AvgIpc) is 3.17. The third-order valence-electron chi connectivity index (χ3n) is 5.41. The van der Waals surface area contributed by atoms with E-state index >= 15 is 0 Å². The highest BCUT2D eigenvalue weighted by Gasteiger charge is 2.54. The van der Waals surface area contributed by atoms with Gasteiger partial charge in [0.1, 0.15) is 16.9 Å². The molecule has 4 rings (SSSR count). The molecule has 7 heteroatoms. The molecule has 2 aromatic rings. The van der Waals surface area contributed by atoms with Crippen molar-refractivity contribution in [2.24, 2.45) is 5.92 Å². The van der Waals surface area contributed by atoms with Crippen molar-refractivity contribution in [1.82, 2.24) is 15.0 Å². The normalized spacial score (nSPS) is 21.0. The molecule has 0 aromatic carbocycles. The molecule has 2 aliphatic heterocycles. The Kier molecular flexibility index (Phi) is 4.40. The van der Waals surface area contributed by atoms with Gasteiger partial charge in [0, 0.05) is 18.9 Å². The summed E-state index contributed by atoms with van der Waals surface area (Å²) in [5.74, 6) is 1.58. The van der Waals surface area contributed by atoms with E-state index in [1.165, 1.54) is 0 Å².